The van der Waals surface area contributed by atoms with Crippen LogP contribution in [0.1, 0.15) is 33.3 Å². The third kappa shape index (κ3) is 5.42. The number of carbonyl (C=O) groups is 2. The monoisotopic (exact) mass is 414 g/mol. The van der Waals surface area contributed by atoms with Crippen molar-refractivity contribution in [3.63, 3.8) is 0 Å². The van der Waals surface area contributed by atoms with Gasteiger partial charge in [-0.3, -0.25) is 4.79 Å². The molecular formula is C18H24BrFN2O3. The Hall–Kier alpha value is -1.63. The van der Waals surface area contributed by atoms with E-state index in [1.54, 1.807) is 21.9 Å². The van der Waals surface area contributed by atoms with Crippen molar-refractivity contribution in [3.8, 4) is 0 Å². The molecule has 0 N–H and O–H groups in total. The number of hydrogen-bond acceptors (Lipinski definition) is 3. The van der Waals surface area contributed by atoms with E-state index in [9.17, 15) is 14.0 Å². The second-order valence-corrected chi connectivity index (χ2v) is 8.14. The molecule has 0 aromatic heterocycles. The van der Waals surface area contributed by atoms with Crippen LogP contribution in [0, 0.1) is 5.82 Å². The number of nitrogens with zero attached hydrogens (tertiary/aromatic N) is 2. The second kappa shape index (κ2) is 7.72. The minimum Gasteiger partial charge on any atom is -0.444 e. The SMILES string of the molecule is CC1CN(C(=O)OC(C)(C)C)CCN1C(=O)Cc1ccc(Br)c(F)c1. The molecule has 1 saturated heterocycles. The maximum atomic E-state index is 13.6. The number of piperazine rings is 1. The molecule has 1 atom stereocenters. The fourth-order valence-electron chi connectivity index (χ4n) is 2.75. The molecule has 25 heavy (non-hydrogen) atoms. The molecule has 0 aliphatic carbocycles. The Morgan fingerprint density at radius 2 is 2.00 bits per heavy atom. The van der Waals surface area contributed by atoms with Crippen LogP contribution < -0.4 is 0 Å². The molecule has 2 amide bonds. The topological polar surface area (TPSA) is 49.9 Å². The average molecular weight is 415 g/mol. The highest BCUT2D eigenvalue weighted by atomic mass is 79.9. The van der Waals surface area contributed by atoms with Crippen molar-refractivity contribution in [2.75, 3.05) is 19.6 Å². The summed E-state index contributed by atoms with van der Waals surface area (Å²) in [6.45, 7) is 8.67. The summed E-state index contributed by atoms with van der Waals surface area (Å²) in [7, 11) is 0. The van der Waals surface area contributed by atoms with Gasteiger partial charge in [-0.05, 0) is 61.3 Å². The van der Waals surface area contributed by atoms with Crippen LogP contribution in [0.5, 0.6) is 0 Å². The first-order valence-corrected chi connectivity index (χ1v) is 9.07. The van der Waals surface area contributed by atoms with E-state index in [-0.39, 0.29) is 30.3 Å². The van der Waals surface area contributed by atoms with Gasteiger partial charge in [-0.1, -0.05) is 6.07 Å². The second-order valence-electron chi connectivity index (χ2n) is 7.29. The molecule has 138 valence electrons. The fraction of sp³-hybridized carbons (Fsp3) is 0.556. The molecule has 1 aliphatic heterocycles. The van der Waals surface area contributed by atoms with Gasteiger partial charge in [-0.15, -0.1) is 0 Å². The van der Waals surface area contributed by atoms with Crippen molar-refractivity contribution >= 4 is 27.9 Å². The van der Waals surface area contributed by atoms with Crippen molar-refractivity contribution in [1.29, 1.82) is 0 Å². The van der Waals surface area contributed by atoms with Crippen LogP contribution >= 0.6 is 15.9 Å². The quantitative estimate of drug-likeness (QED) is 0.742. The van der Waals surface area contributed by atoms with Gasteiger partial charge in [0.05, 0.1) is 10.9 Å². The fourth-order valence-corrected chi connectivity index (χ4v) is 2.99. The molecule has 1 heterocycles. The Kier molecular flexibility index (Phi) is 6.08. The predicted molar refractivity (Wildman–Crippen MR) is 96.8 cm³/mol. The van der Waals surface area contributed by atoms with Gasteiger partial charge >= 0.3 is 6.09 Å². The lowest BCUT2D eigenvalue weighted by atomic mass is 10.1. The number of carbonyl (C=O) groups excluding carboxylic acids is 2. The molecule has 1 unspecified atom stereocenters. The first-order chi connectivity index (χ1) is 11.6. The highest BCUT2D eigenvalue weighted by molar-refractivity contribution is 9.10. The lowest BCUT2D eigenvalue weighted by molar-refractivity contribution is -0.134. The lowest BCUT2D eigenvalue weighted by Gasteiger charge is -2.40. The first kappa shape index (κ1) is 19.7. The van der Waals surface area contributed by atoms with E-state index in [1.165, 1.54) is 6.07 Å². The molecule has 0 spiro atoms. The van der Waals surface area contributed by atoms with Gasteiger partial charge in [-0.2, -0.15) is 0 Å². The van der Waals surface area contributed by atoms with E-state index in [0.717, 1.165) is 0 Å². The van der Waals surface area contributed by atoms with E-state index >= 15 is 0 Å². The molecule has 2 rings (SSSR count). The van der Waals surface area contributed by atoms with Crippen LogP contribution in [0.4, 0.5) is 9.18 Å². The van der Waals surface area contributed by atoms with E-state index < -0.39 is 5.60 Å². The van der Waals surface area contributed by atoms with Crippen LogP contribution in [0.2, 0.25) is 0 Å². The summed E-state index contributed by atoms with van der Waals surface area (Å²) >= 11 is 3.10. The maximum absolute atomic E-state index is 13.6. The van der Waals surface area contributed by atoms with Gasteiger partial charge in [0.25, 0.3) is 0 Å². The van der Waals surface area contributed by atoms with Gasteiger partial charge in [0.2, 0.25) is 5.91 Å². The van der Waals surface area contributed by atoms with Crippen molar-refractivity contribution in [2.24, 2.45) is 0 Å². The summed E-state index contributed by atoms with van der Waals surface area (Å²) in [5.74, 6) is -0.453. The van der Waals surface area contributed by atoms with E-state index in [1.807, 2.05) is 27.7 Å². The van der Waals surface area contributed by atoms with Crippen molar-refractivity contribution < 1.29 is 18.7 Å². The zero-order valence-corrected chi connectivity index (χ0v) is 16.6. The molecule has 0 bridgehead atoms. The summed E-state index contributed by atoms with van der Waals surface area (Å²) in [5.41, 5.74) is 0.0892. The molecule has 0 radical (unpaired) electrons. The highest BCUT2D eigenvalue weighted by Crippen LogP contribution is 2.19. The third-order valence-electron chi connectivity index (χ3n) is 3.94. The normalized spacial score (nSPS) is 18.2. The van der Waals surface area contributed by atoms with Gasteiger partial charge in [0, 0.05) is 25.7 Å². The maximum Gasteiger partial charge on any atom is 0.410 e. The van der Waals surface area contributed by atoms with E-state index in [0.29, 0.717) is 29.7 Å². The number of ether oxygens (including phenoxy) is 1. The Balaban J connectivity index is 1.95. The van der Waals surface area contributed by atoms with Gasteiger partial charge < -0.3 is 14.5 Å². The van der Waals surface area contributed by atoms with Gasteiger partial charge in [0.15, 0.2) is 0 Å². The Morgan fingerprint density at radius 1 is 1.32 bits per heavy atom. The summed E-state index contributed by atoms with van der Waals surface area (Å²) in [5, 5.41) is 0. The molecule has 1 aromatic carbocycles. The number of hydrogen-bond donors (Lipinski definition) is 0. The van der Waals surface area contributed by atoms with Crippen LogP contribution in [0.3, 0.4) is 0 Å². The van der Waals surface area contributed by atoms with Crippen LogP contribution in [-0.4, -0.2) is 53.1 Å². The van der Waals surface area contributed by atoms with Crippen LogP contribution in [-0.2, 0) is 16.0 Å². The Bertz CT molecular complexity index is 660. The summed E-state index contributed by atoms with van der Waals surface area (Å²) in [4.78, 5) is 28.0. The zero-order valence-electron chi connectivity index (χ0n) is 15.0. The molecule has 7 heteroatoms. The molecule has 1 fully saturated rings. The summed E-state index contributed by atoms with van der Waals surface area (Å²) < 4.78 is 19.4. The van der Waals surface area contributed by atoms with Crippen molar-refractivity contribution in [1.82, 2.24) is 9.80 Å². The smallest absolute Gasteiger partial charge is 0.410 e. The number of rotatable bonds is 2. The van der Waals surface area contributed by atoms with Crippen molar-refractivity contribution in [3.05, 3.63) is 34.1 Å². The standard InChI is InChI=1S/C18H24BrFN2O3/c1-12-11-21(17(24)25-18(2,3)4)7-8-22(12)16(23)10-13-5-6-14(19)15(20)9-13/h5-6,9,12H,7-8,10-11H2,1-4H3. The average Bonchev–Trinajstić information content (AvgIpc) is 2.49. The Morgan fingerprint density at radius 3 is 2.56 bits per heavy atom. The number of benzene rings is 1. The predicted octanol–water partition coefficient (Wildman–Crippen LogP) is 3.60. The molecule has 1 aliphatic rings. The highest BCUT2D eigenvalue weighted by Gasteiger charge is 2.31. The van der Waals surface area contributed by atoms with Crippen molar-refractivity contribution in [2.45, 2.75) is 45.8 Å². The van der Waals surface area contributed by atoms with E-state index in [4.69, 9.17) is 4.74 Å². The van der Waals surface area contributed by atoms with Crippen LogP contribution in [0.15, 0.2) is 22.7 Å². The molecular weight excluding hydrogens is 391 g/mol. The summed E-state index contributed by atoms with van der Waals surface area (Å²) in [6.07, 6.45) is -0.220. The molecule has 1 aromatic rings. The summed E-state index contributed by atoms with van der Waals surface area (Å²) in [6, 6.07) is 4.58. The largest absolute Gasteiger partial charge is 0.444 e. The first-order valence-electron chi connectivity index (χ1n) is 8.28. The zero-order chi connectivity index (χ0) is 18.8. The molecule has 0 saturated carbocycles. The minimum absolute atomic E-state index is 0.0712. The number of amides is 2. The van der Waals surface area contributed by atoms with E-state index in [2.05, 4.69) is 15.9 Å². The minimum atomic E-state index is -0.543. The van der Waals surface area contributed by atoms with Gasteiger partial charge in [0.1, 0.15) is 11.4 Å². The third-order valence-corrected chi connectivity index (χ3v) is 4.58. The number of halogens is 2. The van der Waals surface area contributed by atoms with Crippen LogP contribution in [0.25, 0.3) is 0 Å². The molecule has 5 nitrogen and oxygen atoms in total. The Labute approximate surface area is 156 Å². The lowest BCUT2D eigenvalue weighted by Crippen LogP contribution is -2.56. The van der Waals surface area contributed by atoms with Gasteiger partial charge in [-0.25, -0.2) is 9.18 Å².